The van der Waals surface area contributed by atoms with Gasteiger partial charge in [-0.25, -0.2) is 9.78 Å². The van der Waals surface area contributed by atoms with Crippen molar-refractivity contribution >= 4 is 28.5 Å². The Morgan fingerprint density at radius 1 is 1.11 bits per heavy atom. The monoisotopic (exact) mass is 388 g/mol. The minimum atomic E-state index is -0.374. The van der Waals surface area contributed by atoms with E-state index in [4.69, 9.17) is 11.6 Å². The maximum Gasteiger partial charge on any atom is 0.332 e. The molecule has 0 radical (unpaired) electrons. The van der Waals surface area contributed by atoms with Crippen molar-refractivity contribution in [3.05, 3.63) is 56.0 Å². The molecule has 1 aromatic carbocycles. The SMILES string of the molecule is Cn1c(=O)c2[nH]c(CN3CCN(c4cccc(Cl)c4)CC3)nc2n(C)c1=O. The maximum absolute atomic E-state index is 12.3. The van der Waals surface area contributed by atoms with Crippen molar-refractivity contribution in [1.29, 1.82) is 0 Å². The molecule has 0 spiro atoms. The van der Waals surface area contributed by atoms with E-state index in [-0.39, 0.29) is 11.2 Å². The molecule has 0 aliphatic carbocycles. The van der Waals surface area contributed by atoms with Crippen LogP contribution < -0.4 is 16.1 Å². The van der Waals surface area contributed by atoms with E-state index < -0.39 is 0 Å². The van der Waals surface area contributed by atoms with Crippen molar-refractivity contribution < 1.29 is 0 Å². The molecule has 0 bridgehead atoms. The van der Waals surface area contributed by atoms with E-state index in [9.17, 15) is 9.59 Å². The fraction of sp³-hybridized carbons (Fsp3) is 0.389. The number of benzene rings is 1. The number of aryl methyl sites for hydroxylation is 1. The molecule has 0 saturated carbocycles. The molecule has 1 N–H and O–H groups in total. The lowest BCUT2D eigenvalue weighted by atomic mass is 10.2. The first-order chi connectivity index (χ1) is 12.9. The lowest BCUT2D eigenvalue weighted by Crippen LogP contribution is -2.46. The first kappa shape index (κ1) is 17.8. The minimum absolute atomic E-state index is 0.349. The second kappa shape index (κ2) is 6.86. The zero-order chi connectivity index (χ0) is 19.1. The number of halogens is 1. The Balaban J connectivity index is 1.49. The number of aromatic nitrogens is 4. The van der Waals surface area contributed by atoms with Crippen LogP contribution in [0.3, 0.4) is 0 Å². The van der Waals surface area contributed by atoms with Crippen LogP contribution in [0.25, 0.3) is 11.2 Å². The van der Waals surface area contributed by atoms with Crippen molar-refractivity contribution in [2.24, 2.45) is 14.1 Å². The molecule has 0 unspecified atom stereocenters. The highest BCUT2D eigenvalue weighted by atomic mass is 35.5. The molecule has 1 saturated heterocycles. The predicted molar refractivity (Wildman–Crippen MR) is 106 cm³/mol. The molecule has 3 heterocycles. The molecule has 1 fully saturated rings. The van der Waals surface area contributed by atoms with Gasteiger partial charge in [-0.15, -0.1) is 0 Å². The van der Waals surface area contributed by atoms with Crippen molar-refractivity contribution in [2.75, 3.05) is 31.1 Å². The van der Waals surface area contributed by atoms with Gasteiger partial charge in [-0.3, -0.25) is 18.8 Å². The Morgan fingerprint density at radius 3 is 2.56 bits per heavy atom. The van der Waals surface area contributed by atoms with Crippen LogP contribution in [-0.2, 0) is 20.6 Å². The van der Waals surface area contributed by atoms with E-state index in [1.54, 1.807) is 7.05 Å². The van der Waals surface area contributed by atoms with E-state index in [0.717, 1.165) is 41.5 Å². The summed E-state index contributed by atoms with van der Waals surface area (Å²) in [7, 11) is 3.10. The standard InChI is InChI=1S/C18H21ClN6O2/c1-22-16-15(17(26)23(2)18(22)27)20-14(21-16)11-24-6-8-25(9-7-24)13-5-3-4-12(19)10-13/h3-5,10H,6-9,11H2,1-2H3,(H,20,21). The fourth-order valence-electron chi connectivity index (χ4n) is 3.50. The molecule has 27 heavy (non-hydrogen) atoms. The molecule has 0 atom stereocenters. The van der Waals surface area contributed by atoms with Gasteiger partial charge >= 0.3 is 5.69 Å². The number of imidazole rings is 1. The van der Waals surface area contributed by atoms with Crippen LogP contribution in [0, 0.1) is 0 Å². The molecule has 3 aromatic rings. The number of fused-ring (bicyclic) bond motifs is 1. The largest absolute Gasteiger partial charge is 0.369 e. The molecule has 142 valence electrons. The zero-order valence-corrected chi connectivity index (χ0v) is 16.0. The van der Waals surface area contributed by atoms with Gasteiger partial charge in [-0.05, 0) is 18.2 Å². The topological polar surface area (TPSA) is 79.2 Å². The lowest BCUT2D eigenvalue weighted by molar-refractivity contribution is 0.245. The summed E-state index contributed by atoms with van der Waals surface area (Å²) in [5.41, 5.74) is 1.17. The summed E-state index contributed by atoms with van der Waals surface area (Å²) < 4.78 is 2.49. The molecule has 2 aromatic heterocycles. The van der Waals surface area contributed by atoms with Gasteiger partial charge in [0.05, 0.1) is 6.54 Å². The fourth-order valence-corrected chi connectivity index (χ4v) is 3.68. The van der Waals surface area contributed by atoms with Gasteiger partial charge in [-0.1, -0.05) is 17.7 Å². The molecule has 9 heteroatoms. The van der Waals surface area contributed by atoms with Gasteiger partial charge in [0.15, 0.2) is 5.65 Å². The van der Waals surface area contributed by atoms with Crippen LogP contribution in [0.2, 0.25) is 5.02 Å². The van der Waals surface area contributed by atoms with Gasteiger partial charge in [0, 0.05) is 51.0 Å². The number of nitrogens with one attached hydrogen (secondary N) is 1. The van der Waals surface area contributed by atoms with Crippen LogP contribution >= 0.6 is 11.6 Å². The third kappa shape index (κ3) is 3.26. The van der Waals surface area contributed by atoms with Crippen molar-refractivity contribution in [1.82, 2.24) is 24.0 Å². The van der Waals surface area contributed by atoms with E-state index >= 15 is 0 Å². The number of piperazine rings is 1. The third-order valence-corrected chi connectivity index (χ3v) is 5.30. The molecule has 1 aliphatic rings. The smallest absolute Gasteiger partial charge is 0.332 e. The molecule has 1 aliphatic heterocycles. The number of H-pyrrole nitrogens is 1. The van der Waals surface area contributed by atoms with E-state index in [1.807, 2.05) is 18.2 Å². The Labute approximate surface area is 160 Å². The van der Waals surface area contributed by atoms with Crippen LogP contribution in [0.5, 0.6) is 0 Å². The van der Waals surface area contributed by atoms with Crippen LogP contribution in [0.1, 0.15) is 5.82 Å². The summed E-state index contributed by atoms with van der Waals surface area (Å²) in [6.07, 6.45) is 0. The first-order valence-corrected chi connectivity index (χ1v) is 9.19. The molecule has 4 rings (SSSR count). The van der Waals surface area contributed by atoms with Crippen LogP contribution in [-0.4, -0.2) is 50.2 Å². The maximum atomic E-state index is 12.3. The number of hydrogen-bond donors (Lipinski definition) is 1. The van der Waals surface area contributed by atoms with Crippen molar-refractivity contribution in [2.45, 2.75) is 6.54 Å². The summed E-state index contributed by atoms with van der Waals surface area (Å²) in [5, 5.41) is 0.740. The predicted octanol–water partition coefficient (Wildman–Crippen LogP) is 0.936. The lowest BCUT2D eigenvalue weighted by Gasteiger charge is -2.35. The van der Waals surface area contributed by atoms with Gasteiger partial charge in [0.2, 0.25) is 0 Å². The van der Waals surface area contributed by atoms with Crippen molar-refractivity contribution in [3.63, 3.8) is 0 Å². The van der Waals surface area contributed by atoms with Gasteiger partial charge in [0.25, 0.3) is 5.56 Å². The Morgan fingerprint density at radius 2 is 1.85 bits per heavy atom. The van der Waals surface area contributed by atoms with Crippen molar-refractivity contribution in [3.8, 4) is 0 Å². The molecular formula is C18H21ClN6O2. The Bertz CT molecular complexity index is 1110. The molecule has 8 nitrogen and oxygen atoms in total. The number of hydrogen-bond acceptors (Lipinski definition) is 5. The Kier molecular flexibility index (Phi) is 4.53. The first-order valence-electron chi connectivity index (χ1n) is 8.81. The van der Waals surface area contributed by atoms with E-state index in [0.29, 0.717) is 23.5 Å². The quantitative estimate of drug-likeness (QED) is 0.722. The third-order valence-electron chi connectivity index (χ3n) is 5.06. The normalized spacial score (nSPS) is 15.6. The number of nitrogens with zero attached hydrogens (tertiary/aromatic N) is 5. The number of aromatic amines is 1. The van der Waals surface area contributed by atoms with Gasteiger partial charge < -0.3 is 9.88 Å². The van der Waals surface area contributed by atoms with Gasteiger partial charge in [-0.2, -0.15) is 0 Å². The second-order valence-corrected chi connectivity index (χ2v) is 7.27. The van der Waals surface area contributed by atoms with Crippen LogP contribution in [0.4, 0.5) is 5.69 Å². The molecule has 0 amide bonds. The Hall–Kier alpha value is -2.58. The summed E-state index contributed by atoms with van der Waals surface area (Å²) in [6, 6.07) is 7.88. The second-order valence-electron chi connectivity index (χ2n) is 6.83. The van der Waals surface area contributed by atoms with E-state index in [2.05, 4.69) is 25.8 Å². The summed E-state index contributed by atoms with van der Waals surface area (Å²) in [4.78, 5) is 36.5. The van der Waals surface area contributed by atoms with Gasteiger partial charge in [0.1, 0.15) is 11.3 Å². The summed E-state index contributed by atoms with van der Waals surface area (Å²) >= 11 is 6.09. The summed E-state index contributed by atoms with van der Waals surface area (Å²) in [5.74, 6) is 0.694. The average Bonchev–Trinajstić information content (AvgIpc) is 3.09. The highest BCUT2D eigenvalue weighted by molar-refractivity contribution is 6.30. The average molecular weight is 389 g/mol. The highest BCUT2D eigenvalue weighted by Crippen LogP contribution is 2.21. The number of rotatable bonds is 3. The number of anilines is 1. The minimum Gasteiger partial charge on any atom is -0.369 e. The summed E-state index contributed by atoms with van der Waals surface area (Å²) in [6.45, 7) is 4.14. The molecular weight excluding hydrogens is 368 g/mol. The van der Waals surface area contributed by atoms with Crippen LogP contribution in [0.15, 0.2) is 33.9 Å². The highest BCUT2D eigenvalue weighted by Gasteiger charge is 2.20. The zero-order valence-electron chi connectivity index (χ0n) is 15.3. The van der Waals surface area contributed by atoms with E-state index in [1.165, 1.54) is 11.6 Å².